The van der Waals surface area contributed by atoms with E-state index in [1.165, 1.54) is 17.9 Å². The molecule has 1 unspecified atom stereocenters. The number of rotatable bonds is 34. The van der Waals surface area contributed by atoms with Gasteiger partial charge in [0.15, 0.2) is 5.96 Å². The molecule has 0 bridgehead atoms. The number of amides is 8. The largest absolute Gasteiger partial charge is 0.477 e. The van der Waals surface area contributed by atoms with Crippen molar-refractivity contribution < 1.29 is 53.4 Å². The minimum absolute atomic E-state index is 0.0550. The van der Waals surface area contributed by atoms with Gasteiger partial charge in [-0.3, -0.25) is 43.8 Å². The van der Waals surface area contributed by atoms with Crippen LogP contribution in [0.3, 0.4) is 0 Å². The lowest BCUT2D eigenvalue weighted by Crippen LogP contribution is -2.60. The second-order valence-electron chi connectivity index (χ2n) is 16.4. The summed E-state index contributed by atoms with van der Waals surface area (Å²) in [6, 6.07) is -8.67. The van der Waals surface area contributed by atoms with E-state index in [2.05, 4.69) is 42.5 Å². The Morgan fingerprint density at radius 3 is 1.93 bits per heavy atom. The molecule has 0 saturated carbocycles. The molecule has 1 aliphatic heterocycles. The maximum atomic E-state index is 14.0. The Hall–Kier alpha value is -6.04. The van der Waals surface area contributed by atoms with E-state index in [1.807, 2.05) is 0 Å². The molecule has 28 heteroatoms. The number of hydrogen-bond acceptors (Lipinski definition) is 17. The molecule has 0 aromatic carbocycles. The van der Waals surface area contributed by atoms with Crippen LogP contribution in [0.2, 0.25) is 0 Å². The molecule has 1 aliphatic rings. The third-order valence-electron chi connectivity index (χ3n) is 10.8. The van der Waals surface area contributed by atoms with Crippen LogP contribution in [0.4, 0.5) is 0 Å². The number of nitrogens with zero attached hydrogens (tertiary/aromatic N) is 1. The SMILES string of the molecule is C[C@H](NC(=O)[C@@H](NC(=O)[C@@H](N)CCCCN)C(O)CN)C(=O)NCC(=O)N[C@H](CCCN)C(=O)N1CCC[C@H]1C(=O)N[C@@H](CCN)C(=O)N[C@@H](CCCCN)C(=O)N/C(=C\CCNC(=N)N)C(=O)O. The highest BCUT2D eigenvalue weighted by Gasteiger charge is 2.39. The Bertz CT molecular complexity index is 1760. The normalized spacial score (nSPS) is 16.6. The molecule has 8 atom stereocenters. The van der Waals surface area contributed by atoms with Gasteiger partial charge in [-0.1, -0.05) is 12.5 Å². The number of likely N-dealkylation sites (tertiary alicyclic amines) is 1. The average molecular weight is 984 g/mol. The fourth-order valence-electron chi connectivity index (χ4n) is 6.96. The summed E-state index contributed by atoms with van der Waals surface area (Å²) in [5, 5.41) is 46.9. The van der Waals surface area contributed by atoms with Gasteiger partial charge in [0.2, 0.25) is 47.3 Å². The summed E-state index contributed by atoms with van der Waals surface area (Å²) in [5.74, 6) is -8.09. The number of guanidine groups is 1. The second-order valence-corrected chi connectivity index (χ2v) is 16.4. The van der Waals surface area contributed by atoms with Crippen LogP contribution in [0.1, 0.15) is 84.0 Å². The minimum atomic E-state index is -1.56. The zero-order chi connectivity index (χ0) is 52.1. The summed E-state index contributed by atoms with van der Waals surface area (Å²) >= 11 is 0. The zero-order valence-electron chi connectivity index (χ0n) is 39.4. The van der Waals surface area contributed by atoms with Crippen molar-refractivity contribution in [1.82, 2.24) is 47.4 Å². The van der Waals surface area contributed by atoms with Gasteiger partial charge in [0.1, 0.15) is 41.9 Å². The van der Waals surface area contributed by atoms with Crippen molar-refractivity contribution in [2.24, 2.45) is 40.1 Å². The number of nitrogens with one attached hydrogen (secondary N) is 9. The molecule has 1 heterocycles. The predicted molar refractivity (Wildman–Crippen MR) is 252 cm³/mol. The number of aliphatic hydroxyl groups excluding tert-OH is 1. The number of carboxylic acids is 1. The lowest BCUT2D eigenvalue weighted by atomic mass is 10.1. The minimum Gasteiger partial charge on any atom is -0.477 e. The summed E-state index contributed by atoms with van der Waals surface area (Å²) in [6.07, 6.45) is 2.95. The van der Waals surface area contributed by atoms with Crippen LogP contribution in [-0.2, 0) is 43.2 Å². The van der Waals surface area contributed by atoms with E-state index >= 15 is 0 Å². The summed E-state index contributed by atoms with van der Waals surface area (Å²) < 4.78 is 0. The van der Waals surface area contributed by atoms with Crippen molar-refractivity contribution in [3.63, 3.8) is 0 Å². The Balaban J connectivity index is 3.06. The molecule has 1 saturated heterocycles. The van der Waals surface area contributed by atoms with E-state index in [0.717, 1.165) is 0 Å². The molecule has 0 aromatic rings. The van der Waals surface area contributed by atoms with Crippen molar-refractivity contribution >= 4 is 59.2 Å². The summed E-state index contributed by atoms with van der Waals surface area (Å²) in [4.78, 5) is 120. The number of aliphatic hydroxyl groups is 1. The molecule has 25 N–H and O–H groups in total. The van der Waals surface area contributed by atoms with Gasteiger partial charge < -0.3 is 97.8 Å². The Kier molecular flexibility index (Phi) is 29.6. The first-order valence-electron chi connectivity index (χ1n) is 23.1. The topological polar surface area (TPSA) is 500 Å². The van der Waals surface area contributed by atoms with Crippen LogP contribution in [0.15, 0.2) is 11.8 Å². The van der Waals surface area contributed by atoms with E-state index in [1.54, 1.807) is 0 Å². The number of hydrogen-bond donors (Lipinski definition) is 18. The molecule has 8 amide bonds. The smallest absolute Gasteiger partial charge is 0.352 e. The van der Waals surface area contributed by atoms with Crippen LogP contribution in [-0.4, -0.2) is 175 Å². The third-order valence-corrected chi connectivity index (χ3v) is 10.8. The van der Waals surface area contributed by atoms with Gasteiger partial charge in [0, 0.05) is 19.6 Å². The van der Waals surface area contributed by atoms with Crippen LogP contribution >= 0.6 is 0 Å². The van der Waals surface area contributed by atoms with Gasteiger partial charge in [0.25, 0.3) is 0 Å². The van der Waals surface area contributed by atoms with Crippen molar-refractivity contribution in [3.8, 4) is 0 Å². The number of nitrogens with two attached hydrogens (primary N) is 7. The number of carboxylic acid groups (broad SMARTS) is 1. The second kappa shape index (κ2) is 33.5. The van der Waals surface area contributed by atoms with Crippen molar-refractivity contribution in [2.45, 2.75) is 132 Å². The molecular formula is C41H77N17O11. The molecule has 0 aliphatic carbocycles. The molecule has 0 aromatic heterocycles. The zero-order valence-corrected chi connectivity index (χ0v) is 39.4. The molecule has 1 rings (SSSR count). The lowest BCUT2D eigenvalue weighted by molar-refractivity contribution is -0.142. The van der Waals surface area contributed by atoms with Gasteiger partial charge in [-0.2, -0.15) is 0 Å². The van der Waals surface area contributed by atoms with Gasteiger partial charge in [0.05, 0.1) is 18.7 Å². The fourth-order valence-corrected chi connectivity index (χ4v) is 6.96. The Morgan fingerprint density at radius 1 is 0.710 bits per heavy atom. The molecule has 1 fully saturated rings. The molecule has 392 valence electrons. The van der Waals surface area contributed by atoms with Crippen molar-refractivity contribution in [3.05, 3.63) is 11.8 Å². The highest BCUT2D eigenvalue weighted by atomic mass is 16.4. The van der Waals surface area contributed by atoms with E-state index < -0.39 is 120 Å². The number of carbonyl (C=O) groups is 9. The first kappa shape index (κ1) is 61.0. The quantitative estimate of drug-likeness (QED) is 0.0123. The average Bonchev–Trinajstić information content (AvgIpc) is 3.81. The van der Waals surface area contributed by atoms with E-state index in [9.17, 15) is 53.4 Å². The highest BCUT2D eigenvalue weighted by Crippen LogP contribution is 2.20. The molecular weight excluding hydrogens is 907 g/mol. The van der Waals surface area contributed by atoms with Gasteiger partial charge in [-0.05, 0) is 104 Å². The number of carbonyl (C=O) groups excluding carboxylic acids is 8. The molecule has 69 heavy (non-hydrogen) atoms. The fraction of sp³-hybridized carbons (Fsp3) is 0.707. The maximum absolute atomic E-state index is 14.0. The van der Waals surface area contributed by atoms with Crippen molar-refractivity contribution in [1.29, 1.82) is 5.41 Å². The maximum Gasteiger partial charge on any atom is 0.352 e. The summed E-state index contributed by atoms with van der Waals surface area (Å²) in [5.41, 5.74) is 38.9. The molecule has 0 spiro atoms. The van der Waals surface area contributed by atoms with E-state index in [-0.39, 0.29) is 83.6 Å². The number of aliphatic carboxylic acids is 1. The first-order valence-corrected chi connectivity index (χ1v) is 23.1. The van der Waals surface area contributed by atoms with Gasteiger partial charge in [-0.25, -0.2) is 4.79 Å². The third kappa shape index (κ3) is 22.7. The Morgan fingerprint density at radius 2 is 1.33 bits per heavy atom. The van der Waals surface area contributed by atoms with Crippen LogP contribution in [0, 0.1) is 5.41 Å². The summed E-state index contributed by atoms with van der Waals surface area (Å²) in [6.45, 7) is 1.20. The Labute approximate surface area is 401 Å². The highest BCUT2D eigenvalue weighted by molar-refractivity contribution is 5.99. The first-order chi connectivity index (χ1) is 32.8. The lowest BCUT2D eigenvalue weighted by Gasteiger charge is -2.30. The summed E-state index contributed by atoms with van der Waals surface area (Å²) in [7, 11) is 0. The van der Waals surface area contributed by atoms with E-state index in [0.29, 0.717) is 38.6 Å². The molecule has 0 radical (unpaired) electrons. The van der Waals surface area contributed by atoms with E-state index in [4.69, 9.17) is 45.5 Å². The van der Waals surface area contributed by atoms with Gasteiger partial charge >= 0.3 is 5.97 Å². The van der Waals surface area contributed by atoms with Crippen molar-refractivity contribution in [2.75, 3.05) is 52.4 Å². The predicted octanol–water partition coefficient (Wildman–Crippen LogP) is -7.51. The van der Waals surface area contributed by atoms with Gasteiger partial charge in [-0.15, -0.1) is 0 Å². The number of unbranched alkanes of at least 4 members (excludes halogenated alkanes) is 2. The van der Waals surface area contributed by atoms with Crippen LogP contribution in [0.25, 0.3) is 0 Å². The monoisotopic (exact) mass is 984 g/mol. The van der Waals surface area contributed by atoms with Crippen LogP contribution in [0.5, 0.6) is 0 Å². The molecule has 28 nitrogen and oxygen atoms in total. The van der Waals surface area contributed by atoms with Crippen LogP contribution < -0.4 is 82.7 Å². The standard InChI is InChI=1S/C41H77N17O11/c1-23(52-38(66)32(30(59)21-46)57-34(62)24(47)9-2-4-15-42)33(61)51-22-31(60)53-27(11-6-17-44)39(67)58-20-8-13-29(58)37(65)55-26(14-18-45)36(64)54-25(10-3-5-16-43)35(63)56-28(40(68)69)12-7-19-50-41(48)49/h12,23-27,29-30,32,59H,2-11,13-22,42-47H2,1H3,(H,51,61)(H,52,66)(H,53,60)(H,54,64)(H,55,65)(H,56,63)(H,57,62)(H,68,69)(H4,48,49,50)/b28-12-/t23-,24-,25-,26-,27+,29-,30?,32-/m0/s1.